The van der Waals surface area contributed by atoms with Crippen LogP contribution in [0.15, 0.2) is 42.7 Å². The van der Waals surface area contributed by atoms with E-state index >= 15 is 0 Å². The molecule has 1 saturated carbocycles. The normalized spacial score (nSPS) is 19.6. The average molecular weight is 364 g/mol. The quantitative estimate of drug-likeness (QED) is 0.775. The molecular formula is C18H22ClN3O3. The lowest BCUT2D eigenvalue weighted by Crippen LogP contribution is -2.34. The van der Waals surface area contributed by atoms with Gasteiger partial charge in [-0.1, -0.05) is 6.42 Å². The average Bonchev–Trinajstić information content (AvgIpc) is 2.59. The first-order chi connectivity index (χ1) is 11.6. The first kappa shape index (κ1) is 19.0. The summed E-state index contributed by atoms with van der Waals surface area (Å²) >= 11 is 0. The van der Waals surface area contributed by atoms with Crippen LogP contribution in [-0.2, 0) is 0 Å². The van der Waals surface area contributed by atoms with Crippen LogP contribution in [0, 0.1) is 0 Å². The number of hydrogen-bond acceptors (Lipinski definition) is 5. The number of aromatic nitrogens is 1. The van der Waals surface area contributed by atoms with Gasteiger partial charge >= 0.3 is 0 Å². The third-order valence-corrected chi connectivity index (χ3v) is 4.17. The zero-order chi connectivity index (χ0) is 16.9. The number of amides is 1. The number of carbonyl (C=O) groups excluding carboxylic acids is 1. The Morgan fingerprint density at radius 1 is 1.20 bits per heavy atom. The van der Waals surface area contributed by atoms with Gasteiger partial charge in [0, 0.05) is 23.8 Å². The Balaban J connectivity index is 0.00000225. The second-order valence-corrected chi connectivity index (χ2v) is 5.95. The van der Waals surface area contributed by atoms with E-state index in [0.717, 1.165) is 25.7 Å². The molecule has 6 nitrogen and oxygen atoms in total. The van der Waals surface area contributed by atoms with Gasteiger partial charge in [-0.2, -0.15) is 0 Å². The van der Waals surface area contributed by atoms with Gasteiger partial charge in [0.1, 0.15) is 11.9 Å². The summed E-state index contributed by atoms with van der Waals surface area (Å²) in [6.45, 7) is 0. The second kappa shape index (κ2) is 8.69. The molecule has 7 heteroatoms. The van der Waals surface area contributed by atoms with Crippen molar-refractivity contribution in [2.75, 3.05) is 11.1 Å². The minimum Gasteiger partial charge on any atom is -0.488 e. The van der Waals surface area contributed by atoms with E-state index in [1.165, 1.54) is 12.4 Å². The van der Waals surface area contributed by atoms with E-state index in [4.69, 9.17) is 10.5 Å². The molecule has 134 valence electrons. The molecular weight excluding hydrogens is 342 g/mol. The van der Waals surface area contributed by atoms with Crippen molar-refractivity contribution < 1.29 is 14.6 Å². The molecule has 2 aromatic rings. The smallest absolute Gasteiger partial charge is 0.259 e. The maximum Gasteiger partial charge on any atom is 0.259 e. The van der Waals surface area contributed by atoms with E-state index in [1.54, 1.807) is 30.3 Å². The molecule has 4 N–H and O–H groups in total. The van der Waals surface area contributed by atoms with E-state index in [9.17, 15) is 9.90 Å². The van der Waals surface area contributed by atoms with Crippen molar-refractivity contribution in [2.45, 2.75) is 37.9 Å². The molecule has 0 radical (unpaired) electrons. The van der Waals surface area contributed by atoms with Crippen molar-refractivity contribution in [3.63, 3.8) is 0 Å². The number of nitrogens with zero attached hydrogens (tertiary/aromatic N) is 1. The number of hydrogen-bond donors (Lipinski definition) is 3. The summed E-state index contributed by atoms with van der Waals surface area (Å²) in [4.78, 5) is 16.1. The van der Waals surface area contributed by atoms with E-state index < -0.39 is 6.10 Å². The molecule has 2 unspecified atom stereocenters. The van der Waals surface area contributed by atoms with Crippen molar-refractivity contribution in [3.05, 3.63) is 48.3 Å². The summed E-state index contributed by atoms with van der Waals surface area (Å²) in [6.07, 6.45) is 6.17. The molecule has 1 aromatic heterocycles. The lowest BCUT2D eigenvalue weighted by molar-refractivity contribution is 0.00688. The largest absolute Gasteiger partial charge is 0.488 e. The number of pyridine rings is 1. The molecule has 0 spiro atoms. The molecule has 2 atom stereocenters. The Morgan fingerprint density at radius 2 is 1.92 bits per heavy atom. The van der Waals surface area contributed by atoms with Crippen LogP contribution in [-0.4, -0.2) is 28.2 Å². The molecule has 1 fully saturated rings. The molecule has 3 rings (SSSR count). The van der Waals surface area contributed by atoms with E-state index in [1.807, 2.05) is 0 Å². The summed E-state index contributed by atoms with van der Waals surface area (Å²) in [5.41, 5.74) is 7.13. The zero-order valence-electron chi connectivity index (χ0n) is 13.7. The predicted molar refractivity (Wildman–Crippen MR) is 99.2 cm³/mol. The van der Waals surface area contributed by atoms with Crippen LogP contribution in [0.25, 0.3) is 0 Å². The number of rotatable bonds is 4. The van der Waals surface area contributed by atoms with Crippen LogP contribution in [0.5, 0.6) is 5.75 Å². The molecule has 1 aliphatic rings. The van der Waals surface area contributed by atoms with Gasteiger partial charge < -0.3 is 20.9 Å². The van der Waals surface area contributed by atoms with Crippen molar-refractivity contribution in [1.29, 1.82) is 0 Å². The molecule has 0 saturated heterocycles. The molecule has 25 heavy (non-hydrogen) atoms. The van der Waals surface area contributed by atoms with Crippen LogP contribution >= 0.6 is 12.4 Å². The molecule has 1 heterocycles. The van der Waals surface area contributed by atoms with Crippen LogP contribution in [0.4, 0.5) is 11.4 Å². The minimum atomic E-state index is -0.410. The first-order valence-corrected chi connectivity index (χ1v) is 8.09. The first-order valence-electron chi connectivity index (χ1n) is 8.09. The monoisotopic (exact) mass is 363 g/mol. The van der Waals surface area contributed by atoms with E-state index in [2.05, 4.69) is 10.3 Å². The van der Waals surface area contributed by atoms with Gasteiger partial charge in [-0.3, -0.25) is 9.78 Å². The van der Waals surface area contributed by atoms with Crippen LogP contribution in [0.1, 0.15) is 36.0 Å². The summed E-state index contributed by atoms with van der Waals surface area (Å²) in [6, 6.07) is 8.67. The number of benzene rings is 1. The highest BCUT2D eigenvalue weighted by atomic mass is 35.5. The number of aliphatic hydroxyl groups excluding tert-OH is 1. The number of nitrogen functional groups attached to an aromatic ring is 1. The van der Waals surface area contributed by atoms with Gasteiger partial charge in [-0.25, -0.2) is 0 Å². The lowest BCUT2D eigenvalue weighted by atomic mass is 9.95. The van der Waals surface area contributed by atoms with Crippen LogP contribution in [0.3, 0.4) is 0 Å². The third-order valence-electron chi connectivity index (χ3n) is 4.17. The fraction of sp³-hybridized carbons (Fsp3) is 0.333. The highest BCUT2D eigenvalue weighted by Crippen LogP contribution is 2.25. The highest BCUT2D eigenvalue weighted by Gasteiger charge is 2.24. The summed E-state index contributed by atoms with van der Waals surface area (Å²) in [7, 11) is 0. The Kier molecular flexibility index (Phi) is 6.61. The number of ether oxygens (including phenoxy) is 1. The minimum absolute atomic E-state index is 0. The summed E-state index contributed by atoms with van der Waals surface area (Å²) < 4.78 is 5.84. The van der Waals surface area contributed by atoms with Gasteiger partial charge in [0.25, 0.3) is 5.91 Å². The third kappa shape index (κ3) is 4.84. The molecule has 0 aliphatic heterocycles. The maximum absolute atomic E-state index is 12.2. The SMILES string of the molecule is Cl.Nc1ccncc1C(=O)Nc1ccc(OC2CCCCC2O)cc1. The summed E-state index contributed by atoms with van der Waals surface area (Å²) in [5, 5.41) is 12.7. The fourth-order valence-electron chi connectivity index (χ4n) is 2.80. The topological polar surface area (TPSA) is 97.5 Å². The van der Waals surface area contributed by atoms with Gasteiger partial charge in [-0.15, -0.1) is 12.4 Å². The standard InChI is InChI=1S/C18H21N3O3.ClH/c19-15-9-10-20-11-14(15)18(23)21-12-5-7-13(8-6-12)24-17-4-2-1-3-16(17)22;/h5-11,16-17,22H,1-4H2,(H2,19,20)(H,21,23);1H. The maximum atomic E-state index is 12.2. The molecule has 1 aliphatic carbocycles. The van der Waals surface area contributed by atoms with Crippen LogP contribution < -0.4 is 15.8 Å². The molecule has 0 bridgehead atoms. The van der Waals surface area contributed by atoms with Crippen molar-refractivity contribution in [2.24, 2.45) is 0 Å². The fourth-order valence-corrected chi connectivity index (χ4v) is 2.80. The predicted octanol–water partition coefficient (Wildman–Crippen LogP) is 3.02. The number of nitrogens with two attached hydrogens (primary N) is 1. The van der Waals surface area contributed by atoms with Gasteiger partial charge in [0.15, 0.2) is 0 Å². The lowest BCUT2D eigenvalue weighted by Gasteiger charge is -2.28. The highest BCUT2D eigenvalue weighted by molar-refractivity contribution is 6.07. The zero-order valence-corrected chi connectivity index (χ0v) is 14.5. The Bertz CT molecular complexity index is 709. The van der Waals surface area contributed by atoms with Gasteiger partial charge in [0.2, 0.25) is 0 Å². The number of aliphatic hydroxyl groups is 1. The summed E-state index contributed by atoms with van der Waals surface area (Å²) in [5.74, 6) is 0.372. The van der Waals surface area contributed by atoms with Crippen molar-refractivity contribution in [3.8, 4) is 5.75 Å². The molecule has 1 aromatic carbocycles. The molecule has 1 amide bonds. The van der Waals surface area contributed by atoms with E-state index in [-0.39, 0.29) is 24.4 Å². The van der Waals surface area contributed by atoms with Gasteiger partial charge in [0.05, 0.1) is 11.7 Å². The number of nitrogens with one attached hydrogen (secondary N) is 1. The van der Waals surface area contributed by atoms with Crippen molar-refractivity contribution >= 4 is 29.7 Å². The van der Waals surface area contributed by atoms with Crippen molar-refractivity contribution in [1.82, 2.24) is 4.98 Å². The Morgan fingerprint density at radius 3 is 2.60 bits per heavy atom. The van der Waals surface area contributed by atoms with Crippen LogP contribution in [0.2, 0.25) is 0 Å². The van der Waals surface area contributed by atoms with Gasteiger partial charge in [-0.05, 0) is 49.6 Å². The van der Waals surface area contributed by atoms with E-state index in [0.29, 0.717) is 22.7 Å². The number of anilines is 2. The Labute approximate surface area is 152 Å². The number of carbonyl (C=O) groups is 1. The Hall–Kier alpha value is -2.31. The number of halogens is 1. The second-order valence-electron chi connectivity index (χ2n) is 5.95.